The number of hydrogen-bond donors (Lipinski definition) is 2. The maximum Gasteiger partial charge on any atom is 0.323 e. The first-order valence-corrected chi connectivity index (χ1v) is 9.40. The van der Waals surface area contributed by atoms with Gasteiger partial charge in [0.2, 0.25) is 0 Å². The number of nitrogens with one attached hydrogen (secondary N) is 2. The van der Waals surface area contributed by atoms with Gasteiger partial charge in [-0.05, 0) is 58.4 Å². The first-order valence-electron chi connectivity index (χ1n) is 9.40. The molecule has 2 amide bonds. The molecule has 0 radical (unpaired) electrons. The molecule has 0 heterocycles. The van der Waals surface area contributed by atoms with E-state index in [0.717, 1.165) is 34.0 Å². The minimum atomic E-state index is -0.286. The van der Waals surface area contributed by atoms with Crippen molar-refractivity contribution in [2.75, 3.05) is 24.9 Å². The predicted octanol–water partition coefficient (Wildman–Crippen LogP) is 5.94. The molecule has 0 spiro atoms. The average molecular weight is 385 g/mol. The first kappa shape index (κ1) is 21.6. The molecule has 0 saturated heterocycles. The van der Waals surface area contributed by atoms with E-state index >= 15 is 0 Å². The highest BCUT2D eigenvalue weighted by Crippen LogP contribution is 2.34. The molecule has 0 saturated carbocycles. The molecule has 5 heteroatoms. The minimum Gasteiger partial charge on any atom is -0.497 e. The van der Waals surface area contributed by atoms with Crippen LogP contribution in [0.4, 0.5) is 16.2 Å². The van der Waals surface area contributed by atoms with Crippen molar-refractivity contribution in [1.29, 1.82) is 0 Å². The summed E-state index contributed by atoms with van der Waals surface area (Å²) in [5, 5.41) is 5.97. The van der Waals surface area contributed by atoms with Gasteiger partial charge in [0, 0.05) is 11.4 Å². The Kier molecular flexibility index (Phi) is 6.27. The van der Waals surface area contributed by atoms with E-state index in [0.29, 0.717) is 0 Å². The molecule has 5 nitrogen and oxygen atoms in total. The number of amides is 2. The fourth-order valence-corrected chi connectivity index (χ4v) is 3.04. The highest BCUT2D eigenvalue weighted by Gasteiger charge is 2.22. The van der Waals surface area contributed by atoms with Crippen LogP contribution in [0.1, 0.15) is 52.7 Å². The van der Waals surface area contributed by atoms with Crippen LogP contribution in [0.3, 0.4) is 0 Å². The van der Waals surface area contributed by atoms with Crippen LogP contribution in [0.5, 0.6) is 11.5 Å². The van der Waals surface area contributed by atoms with Crippen LogP contribution in [-0.2, 0) is 10.8 Å². The molecular formula is C23H32N2O3. The lowest BCUT2D eigenvalue weighted by Gasteiger charge is -2.25. The second kappa shape index (κ2) is 8.13. The van der Waals surface area contributed by atoms with E-state index in [-0.39, 0.29) is 16.9 Å². The largest absolute Gasteiger partial charge is 0.497 e. The van der Waals surface area contributed by atoms with Crippen molar-refractivity contribution in [3.63, 3.8) is 0 Å². The summed E-state index contributed by atoms with van der Waals surface area (Å²) in [5.41, 5.74) is 3.25. The molecule has 0 aliphatic heterocycles. The second-order valence-corrected chi connectivity index (χ2v) is 8.90. The van der Waals surface area contributed by atoms with Gasteiger partial charge in [0.15, 0.2) is 0 Å². The third kappa shape index (κ3) is 5.18. The first-order chi connectivity index (χ1) is 13.0. The topological polar surface area (TPSA) is 59.6 Å². The molecule has 152 valence electrons. The number of benzene rings is 2. The summed E-state index contributed by atoms with van der Waals surface area (Å²) in [7, 11) is 3.28. The SMILES string of the molecule is COc1ccc(NC(=O)Nc2ccc(OC)cc2C(C)(C)C)c(C(C)(C)C)c1. The molecule has 28 heavy (non-hydrogen) atoms. The van der Waals surface area contributed by atoms with Gasteiger partial charge in [-0.3, -0.25) is 0 Å². The number of rotatable bonds is 4. The maximum absolute atomic E-state index is 12.8. The Hall–Kier alpha value is -2.69. The number of hydrogen-bond acceptors (Lipinski definition) is 3. The number of urea groups is 1. The normalized spacial score (nSPS) is 11.7. The van der Waals surface area contributed by atoms with Crippen LogP contribution in [-0.4, -0.2) is 20.3 Å². The summed E-state index contributed by atoms with van der Waals surface area (Å²) < 4.78 is 10.7. The van der Waals surface area contributed by atoms with Gasteiger partial charge in [-0.15, -0.1) is 0 Å². The quantitative estimate of drug-likeness (QED) is 0.685. The summed E-state index contributed by atoms with van der Waals surface area (Å²) in [5.74, 6) is 1.53. The summed E-state index contributed by atoms with van der Waals surface area (Å²) in [6.07, 6.45) is 0. The molecule has 2 N–H and O–H groups in total. The van der Waals surface area contributed by atoms with Crippen molar-refractivity contribution < 1.29 is 14.3 Å². The van der Waals surface area contributed by atoms with Gasteiger partial charge in [0.05, 0.1) is 14.2 Å². The van der Waals surface area contributed by atoms with Crippen LogP contribution < -0.4 is 20.1 Å². The fraction of sp³-hybridized carbons (Fsp3) is 0.435. The standard InChI is InChI=1S/C23H32N2O3/c1-22(2,3)17-13-15(27-7)9-11-19(17)24-21(26)25-20-12-10-16(28-8)14-18(20)23(4,5)6/h9-14H,1-8H3,(H2,24,25,26). The van der Waals surface area contributed by atoms with Crippen LogP contribution in [0, 0.1) is 0 Å². The summed E-state index contributed by atoms with van der Waals surface area (Å²) in [4.78, 5) is 12.8. The fourth-order valence-electron chi connectivity index (χ4n) is 3.04. The molecular weight excluding hydrogens is 352 g/mol. The molecule has 2 rings (SSSR count). The molecule has 2 aromatic carbocycles. The zero-order chi connectivity index (χ0) is 21.1. The monoisotopic (exact) mass is 384 g/mol. The zero-order valence-corrected chi connectivity index (χ0v) is 18.2. The third-order valence-corrected chi connectivity index (χ3v) is 4.57. The lowest BCUT2D eigenvalue weighted by molar-refractivity contribution is 0.262. The lowest BCUT2D eigenvalue weighted by Crippen LogP contribution is -2.25. The highest BCUT2D eigenvalue weighted by atomic mass is 16.5. The van der Waals surface area contributed by atoms with Crippen molar-refractivity contribution in [3.05, 3.63) is 47.5 Å². The van der Waals surface area contributed by atoms with Gasteiger partial charge in [-0.1, -0.05) is 41.5 Å². The Labute approximate surface area is 168 Å². The Morgan fingerprint density at radius 1 is 0.714 bits per heavy atom. The van der Waals surface area contributed by atoms with Crippen molar-refractivity contribution in [3.8, 4) is 11.5 Å². The van der Waals surface area contributed by atoms with Crippen LogP contribution >= 0.6 is 0 Å². The predicted molar refractivity (Wildman–Crippen MR) is 116 cm³/mol. The van der Waals surface area contributed by atoms with Gasteiger partial charge in [0.1, 0.15) is 11.5 Å². The smallest absolute Gasteiger partial charge is 0.323 e. The van der Waals surface area contributed by atoms with Crippen LogP contribution in [0.15, 0.2) is 36.4 Å². The van der Waals surface area contributed by atoms with E-state index in [1.54, 1.807) is 14.2 Å². The molecule has 2 aromatic rings. The molecule has 0 unspecified atom stereocenters. The number of carbonyl (C=O) groups excluding carboxylic acids is 1. The van der Waals surface area contributed by atoms with E-state index in [2.05, 4.69) is 52.2 Å². The molecule has 0 fully saturated rings. The summed E-state index contributed by atoms with van der Waals surface area (Å²) in [6, 6.07) is 11.1. The van der Waals surface area contributed by atoms with E-state index < -0.39 is 0 Å². The Morgan fingerprint density at radius 2 is 1.07 bits per heavy atom. The number of ether oxygens (including phenoxy) is 2. The second-order valence-electron chi connectivity index (χ2n) is 8.90. The summed E-state index contributed by atoms with van der Waals surface area (Å²) >= 11 is 0. The van der Waals surface area contributed by atoms with Gasteiger partial charge in [-0.2, -0.15) is 0 Å². The lowest BCUT2D eigenvalue weighted by atomic mass is 9.85. The van der Waals surface area contributed by atoms with E-state index in [1.807, 2.05) is 36.4 Å². The Morgan fingerprint density at radius 3 is 1.36 bits per heavy atom. The van der Waals surface area contributed by atoms with E-state index in [1.165, 1.54) is 0 Å². The van der Waals surface area contributed by atoms with E-state index in [4.69, 9.17) is 9.47 Å². The third-order valence-electron chi connectivity index (χ3n) is 4.57. The van der Waals surface area contributed by atoms with Gasteiger partial charge in [0.25, 0.3) is 0 Å². The van der Waals surface area contributed by atoms with Crippen molar-refractivity contribution >= 4 is 17.4 Å². The van der Waals surface area contributed by atoms with Gasteiger partial charge in [-0.25, -0.2) is 4.79 Å². The van der Waals surface area contributed by atoms with Crippen molar-refractivity contribution in [1.82, 2.24) is 0 Å². The van der Waals surface area contributed by atoms with E-state index in [9.17, 15) is 4.79 Å². The molecule has 0 aromatic heterocycles. The minimum absolute atomic E-state index is 0.145. The number of methoxy groups -OCH3 is 2. The number of carbonyl (C=O) groups is 1. The molecule has 0 bridgehead atoms. The molecule has 0 aliphatic rings. The molecule has 0 atom stereocenters. The Balaban J connectivity index is 2.31. The van der Waals surface area contributed by atoms with Crippen molar-refractivity contribution in [2.24, 2.45) is 0 Å². The molecule has 0 aliphatic carbocycles. The van der Waals surface area contributed by atoms with Crippen LogP contribution in [0.25, 0.3) is 0 Å². The number of anilines is 2. The average Bonchev–Trinajstić information content (AvgIpc) is 2.60. The zero-order valence-electron chi connectivity index (χ0n) is 18.2. The van der Waals surface area contributed by atoms with Crippen LogP contribution in [0.2, 0.25) is 0 Å². The summed E-state index contributed by atoms with van der Waals surface area (Å²) in [6.45, 7) is 12.6. The Bertz CT molecular complexity index is 776. The maximum atomic E-state index is 12.8. The highest BCUT2D eigenvalue weighted by molar-refractivity contribution is 6.01. The van der Waals surface area contributed by atoms with Gasteiger partial charge < -0.3 is 20.1 Å². The van der Waals surface area contributed by atoms with Gasteiger partial charge >= 0.3 is 6.03 Å². The van der Waals surface area contributed by atoms with Crippen molar-refractivity contribution in [2.45, 2.75) is 52.4 Å².